The van der Waals surface area contributed by atoms with Crippen molar-refractivity contribution < 1.29 is 0 Å². The molecule has 1 atom stereocenters. The molecule has 0 bridgehead atoms. The Kier molecular flexibility index (Phi) is 6.29. The molecular formula is C11H23BIP. The number of rotatable bonds is 6. The van der Waals surface area contributed by atoms with E-state index < -0.39 is 0 Å². The molecule has 82 valence electrons. The van der Waals surface area contributed by atoms with E-state index in [1.807, 2.05) is 6.08 Å². The predicted octanol–water partition coefficient (Wildman–Crippen LogP) is 4.80. The van der Waals surface area contributed by atoms with Gasteiger partial charge in [-0.25, -0.2) is 0 Å². The summed E-state index contributed by atoms with van der Waals surface area (Å²) in [4.78, 5) is 0. The van der Waals surface area contributed by atoms with E-state index in [9.17, 15) is 0 Å². The molecule has 0 nitrogen and oxygen atoms in total. The number of hydrogen-bond donors (Lipinski definition) is 0. The Hall–Kier alpha value is 0.965. The summed E-state index contributed by atoms with van der Waals surface area (Å²) in [7, 11) is 2.89. The topological polar surface area (TPSA) is 0 Å². The lowest BCUT2D eigenvalue weighted by Gasteiger charge is -2.35. The highest BCUT2D eigenvalue weighted by molar-refractivity contribution is 14.1. The van der Waals surface area contributed by atoms with Crippen LogP contribution < -0.4 is 0 Å². The van der Waals surface area contributed by atoms with Crippen molar-refractivity contribution in [2.45, 2.75) is 46.9 Å². The highest BCUT2D eigenvalue weighted by Gasteiger charge is 2.29. The summed E-state index contributed by atoms with van der Waals surface area (Å²) in [5.41, 5.74) is 0.821. The van der Waals surface area contributed by atoms with E-state index in [0.717, 1.165) is 6.42 Å². The zero-order chi connectivity index (χ0) is 11.4. The van der Waals surface area contributed by atoms with Crippen LogP contribution in [0.3, 0.4) is 0 Å². The van der Waals surface area contributed by atoms with Crippen molar-refractivity contribution in [3.63, 3.8) is 0 Å². The Bertz CT molecular complexity index is 188. The van der Waals surface area contributed by atoms with Gasteiger partial charge in [-0.05, 0) is 23.7 Å². The lowest BCUT2D eigenvalue weighted by molar-refractivity contribution is 0.215. The van der Waals surface area contributed by atoms with E-state index in [0.29, 0.717) is 15.1 Å². The third kappa shape index (κ3) is 7.28. The number of hydrogen-bond acceptors (Lipinski definition) is 0. The fourth-order valence-electron chi connectivity index (χ4n) is 2.36. The van der Waals surface area contributed by atoms with Crippen LogP contribution in [0.2, 0.25) is 6.32 Å². The second-order valence-electron chi connectivity index (χ2n) is 5.72. The van der Waals surface area contributed by atoms with Gasteiger partial charge in [0, 0.05) is 0 Å². The Morgan fingerprint density at radius 1 is 1.29 bits per heavy atom. The maximum absolute atomic E-state index is 3.83. The molecule has 0 saturated carbocycles. The van der Waals surface area contributed by atoms with Crippen molar-refractivity contribution in [1.29, 1.82) is 0 Å². The first-order valence-corrected chi connectivity index (χ1v) is 7.10. The van der Waals surface area contributed by atoms with Crippen molar-refractivity contribution in [1.82, 2.24) is 0 Å². The van der Waals surface area contributed by atoms with Crippen molar-refractivity contribution in [2.75, 3.05) is 0 Å². The Balaban J connectivity index is 4.25. The van der Waals surface area contributed by atoms with Crippen LogP contribution in [-0.2, 0) is 0 Å². The lowest BCUT2D eigenvalue weighted by atomic mass is 9.67. The molecule has 0 N–H and O–H groups in total. The van der Waals surface area contributed by atoms with Gasteiger partial charge in [-0.1, -0.05) is 40.1 Å². The summed E-state index contributed by atoms with van der Waals surface area (Å²) in [5, 5.41) is 0. The Morgan fingerprint density at radius 2 is 1.79 bits per heavy atom. The Morgan fingerprint density at radius 3 is 2.14 bits per heavy atom. The quantitative estimate of drug-likeness (QED) is 0.285. The molecular weight excluding hydrogens is 301 g/mol. The molecule has 0 rings (SSSR count). The minimum atomic E-state index is 0.390. The Labute approximate surface area is 106 Å². The zero-order valence-corrected chi connectivity index (χ0v) is 13.3. The highest BCUT2D eigenvalue weighted by Crippen LogP contribution is 2.40. The van der Waals surface area contributed by atoms with E-state index in [1.54, 1.807) is 0 Å². The molecule has 0 aromatic heterocycles. The van der Waals surface area contributed by atoms with E-state index in [1.165, 1.54) is 12.7 Å². The SMILES string of the molecule is C=CCC(C)(C)CC(C)(C)CB(P)I. The summed E-state index contributed by atoms with van der Waals surface area (Å²) in [6.07, 6.45) is 5.68. The molecule has 0 fully saturated rings. The molecule has 0 aromatic carbocycles. The van der Waals surface area contributed by atoms with Crippen LogP contribution in [0.1, 0.15) is 40.5 Å². The first-order chi connectivity index (χ1) is 6.18. The molecule has 0 aliphatic carbocycles. The number of halogens is 1. The average Bonchev–Trinajstić information content (AvgIpc) is 1.78. The molecule has 0 aromatic rings. The van der Waals surface area contributed by atoms with E-state index in [2.05, 4.69) is 65.8 Å². The van der Waals surface area contributed by atoms with Crippen LogP contribution in [0, 0.1) is 10.8 Å². The summed E-state index contributed by atoms with van der Waals surface area (Å²) >= 11 is 2.48. The molecule has 3 heteroatoms. The molecule has 0 amide bonds. The van der Waals surface area contributed by atoms with Crippen LogP contribution in [0.25, 0.3) is 0 Å². The second-order valence-corrected chi connectivity index (χ2v) is 9.48. The fourth-order valence-corrected chi connectivity index (χ4v) is 4.19. The van der Waals surface area contributed by atoms with Crippen LogP contribution >= 0.6 is 31.5 Å². The van der Waals surface area contributed by atoms with Crippen LogP contribution in [0.4, 0.5) is 0 Å². The predicted molar refractivity (Wildman–Crippen MR) is 81.3 cm³/mol. The molecule has 0 heterocycles. The van der Waals surface area contributed by atoms with Gasteiger partial charge in [-0.3, -0.25) is 0 Å². The van der Waals surface area contributed by atoms with Crippen LogP contribution in [-0.4, -0.2) is 4.29 Å². The fraction of sp³-hybridized carbons (Fsp3) is 0.818. The van der Waals surface area contributed by atoms with Crippen LogP contribution in [0.5, 0.6) is 0 Å². The summed E-state index contributed by atoms with van der Waals surface area (Å²) in [6, 6.07) is 0. The highest BCUT2D eigenvalue weighted by atomic mass is 127. The van der Waals surface area contributed by atoms with Gasteiger partial charge in [0.1, 0.15) is 0 Å². The van der Waals surface area contributed by atoms with E-state index in [4.69, 9.17) is 0 Å². The van der Waals surface area contributed by atoms with E-state index in [-0.39, 0.29) is 0 Å². The van der Waals surface area contributed by atoms with Crippen molar-refractivity contribution >= 4 is 35.8 Å². The van der Waals surface area contributed by atoms with Crippen LogP contribution in [0.15, 0.2) is 12.7 Å². The summed E-state index contributed by atoms with van der Waals surface area (Å²) in [5.74, 6) is 0. The maximum Gasteiger partial charge on any atom is 0.240 e. The van der Waals surface area contributed by atoms with Gasteiger partial charge in [0.2, 0.25) is 4.29 Å². The van der Waals surface area contributed by atoms with Gasteiger partial charge in [0.15, 0.2) is 0 Å². The number of allylic oxidation sites excluding steroid dienone is 1. The van der Waals surface area contributed by atoms with Gasteiger partial charge in [0.25, 0.3) is 0 Å². The van der Waals surface area contributed by atoms with Gasteiger partial charge in [0.05, 0.1) is 0 Å². The van der Waals surface area contributed by atoms with Crippen molar-refractivity contribution in [3.05, 3.63) is 12.7 Å². The lowest BCUT2D eigenvalue weighted by Crippen LogP contribution is -2.24. The smallest absolute Gasteiger partial charge is 0.159 e. The minimum absolute atomic E-state index is 0.390. The summed E-state index contributed by atoms with van der Waals surface area (Å²) < 4.78 is 0.683. The molecule has 14 heavy (non-hydrogen) atoms. The molecule has 0 aliphatic heterocycles. The van der Waals surface area contributed by atoms with Crippen molar-refractivity contribution in [2.24, 2.45) is 10.8 Å². The third-order valence-corrected chi connectivity index (χ3v) is 3.08. The molecule has 0 spiro atoms. The van der Waals surface area contributed by atoms with Gasteiger partial charge >= 0.3 is 0 Å². The normalized spacial score (nSPS) is 12.7. The zero-order valence-electron chi connectivity index (χ0n) is 9.94. The van der Waals surface area contributed by atoms with E-state index >= 15 is 0 Å². The molecule has 1 unspecified atom stereocenters. The van der Waals surface area contributed by atoms with Gasteiger partial charge in [-0.2, -0.15) is 9.12 Å². The van der Waals surface area contributed by atoms with Crippen molar-refractivity contribution in [3.8, 4) is 0 Å². The minimum Gasteiger partial charge on any atom is -0.159 e. The average molecular weight is 324 g/mol. The largest absolute Gasteiger partial charge is 0.240 e. The first kappa shape index (κ1) is 15.0. The molecule has 0 aliphatic rings. The summed E-state index contributed by atoms with van der Waals surface area (Å²) in [6.45, 7) is 13.2. The first-order valence-electron chi connectivity index (χ1n) is 5.19. The third-order valence-electron chi connectivity index (χ3n) is 2.40. The second kappa shape index (κ2) is 5.89. The van der Waals surface area contributed by atoms with Gasteiger partial charge < -0.3 is 0 Å². The standard InChI is InChI=1S/C11H23BIP/c1-6-7-10(2,3)8-11(4,5)9-12(13)14/h6H,1,7-9,14H2,2-5H3. The molecule has 0 saturated heterocycles. The maximum atomic E-state index is 3.83. The molecule has 0 radical (unpaired) electrons. The van der Waals surface area contributed by atoms with Gasteiger partial charge in [-0.15, -0.1) is 29.0 Å². The monoisotopic (exact) mass is 324 g/mol.